The topological polar surface area (TPSA) is 61.9 Å². The second-order valence-electron chi connectivity index (χ2n) is 4.73. The van der Waals surface area contributed by atoms with Gasteiger partial charge in [0.05, 0.1) is 22.9 Å². The lowest BCUT2D eigenvalue weighted by atomic mass is 10.1. The highest BCUT2D eigenvalue weighted by molar-refractivity contribution is 5.84. The molecule has 0 spiro atoms. The molecular weight excluding hydrogens is 252 g/mol. The van der Waals surface area contributed by atoms with Crippen LogP contribution in [0.15, 0.2) is 24.3 Å². The minimum atomic E-state index is 0.603. The molecule has 0 aliphatic rings. The number of aldehydes is 1. The summed E-state index contributed by atoms with van der Waals surface area (Å²) in [4.78, 5) is 13.2. The maximum atomic E-state index is 11.2. The van der Waals surface area contributed by atoms with E-state index in [0.29, 0.717) is 17.7 Å². The molecule has 5 nitrogen and oxygen atoms in total. The van der Waals surface area contributed by atoms with Gasteiger partial charge in [0.15, 0.2) is 6.29 Å². The molecule has 0 radical (unpaired) electrons. The lowest BCUT2D eigenvalue weighted by molar-refractivity contribution is 0.112. The summed E-state index contributed by atoms with van der Waals surface area (Å²) in [5, 5.41) is 13.2. The zero-order valence-corrected chi connectivity index (χ0v) is 11.8. The molecular formula is C15H16N4O. The Labute approximate surface area is 118 Å². The molecule has 1 heterocycles. The molecule has 0 bridgehead atoms. The van der Waals surface area contributed by atoms with Crippen molar-refractivity contribution < 1.29 is 4.79 Å². The van der Waals surface area contributed by atoms with Gasteiger partial charge in [0.1, 0.15) is 5.82 Å². The molecule has 0 fully saturated rings. The van der Waals surface area contributed by atoms with Crippen LogP contribution in [0.1, 0.15) is 27.2 Å². The van der Waals surface area contributed by atoms with Crippen molar-refractivity contribution in [3.8, 4) is 6.07 Å². The third kappa shape index (κ3) is 2.54. The average molecular weight is 268 g/mol. The lowest BCUT2D eigenvalue weighted by Gasteiger charge is -2.20. The monoisotopic (exact) mass is 268 g/mol. The third-order valence-corrected chi connectivity index (χ3v) is 3.19. The van der Waals surface area contributed by atoms with E-state index in [1.807, 2.05) is 44.1 Å². The van der Waals surface area contributed by atoms with Crippen molar-refractivity contribution in [3.05, 3.63) is 46.6 Å². The van der Waals surface area contributed by atoms with Crippen molar-refractivity contribution >= 4 is 12.1 Å². The number of benzene rings is 1. The van der Waals surface area contributed by atoms with Gasteiger partial charge < -0.3 is 4.90 Å². The molecule has 0 saturated carbocycles. The zero-order valence-electron chi connectivity index (χ0n) is 11.8. The Balaban J connectivity index is 2.30. The van der Waals surface area contributed by atoms with E-state index < -0.39 is 0 Å². The van der Waals surface area contributed by atoms with E-state index >= 15 is 0 Å². The van der Waals surface area contributed by atoms with Crippen molar-refractivity contribution in [2.45, 2.75) is 13.5 Å². The van der Waals surface area contributed by atoms with Crippen molar-refractivity contribution in [1.29, 1.82) is 5.26 Å². The first-order valence-electron chi connectivity index (χ1n) is 6.25. The van der Waals surface area contributed by atoms with E-state index in [1.165, 1.54) is 0 Å². The number of anilines is 1. The Morgan fingerprint density at radius 3 is 2.90 bits per heavy atom. The summed E-state index contributed by atoms with van der Waals surface area (Å²) in [6, 6.07) is 9.56. The Morgan fingerprint density at radius 2 is 2.25 bits per heavy atom. The van der Waals surface area contributed by atoms with Crippen LogP contribution in [0.25, 0.3) is 0 Å². The van der Waals surface area contributed by atoms with Crippen LogP contribution in [0.2, 0.25) is 0 Å². The standard InChI is InChI=1S/C15H16N4O/c1-11-14(10-20)15(19(3)17-11)18(2)9-13-6-4-5-12(7-13)8-16/h4-7,10H,9H2,1-3H3. The largest absolute Gasteiger partial charge is 0.355 e. The van der Waals surface area contributed by atoms with Crippen molar-refractivity contribution in [3.63, 3.8) is 0 Å². The van der Waals surface area contributed by atoms with Crippen molar-refractivity contribution in [2.75, 3.05) is 11.9 Å². The number of aromatic nitrogens is 2. The van der Waals surface area contributed by atoms with Gasteiger partial charge in [0.25, 0.3) is 0 Å². The van der Waals surface area contributed by atoms with Crippen molar-refractivity contribution in [1.82, 2.24) is 9.78 Å². The lowest BCUT2D eigenvalue weighted by Crippen LogP contribution is -2.20. The van der Waals surface area contributed by atoms with Crippen molar-refractivity contribution in [2.24, 2.45) is 7.05 Å². The van der Waals surface area contributed by atoms with E-state index in [-0.39, 0.29) is 0 Å². The number of rotatable bonds is 4. The van der Waals surface area contributed by atoms with Crippen LogP contribution < -0.4 is 4.90 Å². The zero-order chi connectivity index (χ0) is 14.7. The van der Waals surface area contributed by atoms with E-state index in [1.54, 1.807) is 10.7 Å². The number of hydrogen-bond acceptors (Lipinski definition) is 4. The predicted octanol–water partition coefficient (Wildman–Crippen LogP) is 2.05. The Hall–Kier alpha value is -2.61. The smallest absolute Gasteiger partial charge is 0.155 e. The van der Waals surface area contributed by atoms with Gasteiger partial charge in [-0.2, -0.15) is 10.4 Å². The van der Waals surface area contributed by atoms with Crippen LogP contribution in [0.4, 0.5) is 5.82 Å². The number of nitriles is 1. The van der Waals surface area contributed by atoms with Crippen LogP contribution in [-0.4, -0.2) is 23.1 Å². The summed E-state index contributed by atoms with van der Waals surface area (Å²) in [7, 11) is 3.72. The molecule has 1 aromatic heterocycles. The van der Waals surface area contributed by atoms with E-state index in [0.717, 1.165) is 23.4 Å². The summed E-state index contributed by atoms with van der Waals surface area (Å²) >= 11 is 0. The first-order valence-corrected chi connectivity index (χ1v) is 6.25. The quantitative estimate of drug-likeness (QED) is 0.796. The molecule has 2 rings (SSSR count). The van der Waals surface area contributed by atoms with Gasteiger partial charge >= 0.3 is 0 Å². The fraction of sp³-hybridized carbons (Fsp3) is 0.267. The first-order chi connectivity index (χ1) is 9.56. The van der Waals surface area contributed by atoms with Crippen LogP contribution in [0.3, 0.4) is 0 Å². The summed E-state index contributed by atoms with van der Waals surface area (Å²) in [5.41, 5.74) is 2.97. The number of carbonyl (C=O) groups is 1. The fourth-order valence-electron chi connectivity index (χ4n) is 2.34. The second kappa shape index (κ2) is 5.57. The SMILES string of the molecule is Cc1nn(C)c(N(C)Cc2cccc(C#N)c2)c1C=O. The molecule has 0 N–H and O–H groups in total. The molecule has 0 unspecified atom stereocenters. The van der Waals surface area contributed by atoms with E-state index in [9.17, 15) is 4.79 Å². The van der Waals surface area contributed by atoms with E-state index in [4.69, 9.17) is 5.26 Å². The molecule has 20 heavy (non-hydrogen) atoms. The minimum Gasteiger partial charge on any atom is -0.355 e. The van der Waals surface area contributed by atoms with Gasteiger partial charge in [-0.3, -0.25) is 9.48 Å². The first kappa shape index (κ1) is 13.8. The van der Waals surface area contributed by atoms with Crippen LogP contribution >= 0.6 is 0 Å². The highest BCUT2D eigenvalue weighted by atomic mass is 16.1. The van der Waals surface area contributed by atoms with Crippen LogP contribution in [0, 0.1) is 18.3 Å². The Kier molecular flexibility index (Phi) is 3.85. The number of hydrogen-bond donors (Lipinski definition) is 0. The maximum Gasteiger partial charge on any atom is 0.155 e. The average Bonchev–Trinajstić information content (AvgIpc) is 2.72. The number of carbonyl (C=O) groups excluding carboxylic acids is 1. The van der Waals surface area contributed by atoms with Gasteiger partial charge in [-0.1, -0.05) is 12.1 Å². The molecule has 2 aromatic rings. The molecule has 0 aliphatic heterocycles. The van der Waals surface area contributed by atoms with Crippen LogP contribution in [-0.2, 0) is 13.6 Å². The molecule has 1 aromatic carbocycles. The molecule has 5 heteroatoms. The van der Waals surface area contributed by atoms with Gasteiger partial charge in [0.2, 0.25) is 0 Å². The highest BCUT2D eigenvalue weighted by Crippen LogP contribution is 2.22. The number of aryl methyl sites for hydroxylation is 2. The minimum absolute atomic E-state index is 0.603. The number of nitrogens with zero attached hydrogens (tertiary/aromatic N) is 4. The Morgan fingerprint density at radius 1 is 1.50 bits per heavy atom. The molecule has 102 valence electrons. The summed E-state index contributed by atoms with van der Waals surface area (Å²) in [6.07, 6.45) is 0.833. The molecule has 0 aliphatic carbocycles. The fourth-order valence-corrected chi connectivity index (χ4v) is 2.34. The highest BCUT2D eigenvalue weighted by Gasteiger charge is 2.16. The molecule has 0 saturated heterocycles. The van der Waals surface area contributed by atoms with Gasteiger partial charge in [-0.05, 0) is 24.6 Å². The summed E-state index contributed by atoms with van der Waals surface area (Å²) in [6.45, 7) is 2.42. The summed E-state index contributed by atoms with van der Waals surface area (Å²) < 4.78 is 1.70. The van der Waals surface area contributed by atoms with E-state index in [2.05, 4.69) is 11.2 Å². The summed E-state index contributed by atoms with van der Waals surface area (Å²) in [5.74, 6) is 0.778. The maximum absolute atomic E-state index is 11.2. The van der Waals surface area contributed by atoms with Crippen LogP contribution in [0.5, 0.6) is 0 Å². The predicted molar refractivity (Wildman–Crippen MR) is 76.6 cm³/mol. The normalized spacial score (nSPS) is 10.1. The Bertz CT molecular complexity index is 682. The van der Waals surface area contributed by atoms with Gasteiger partial charge in [0, 0.05) is 20.6 Å². The molecule has 0 atom stereocenters. The third-order valence-electron chi connectivity index (χ3n) is 3.19. The van der Waals surface area contributed by atoms with Gasteiger partial charge in [-0.25, -0.2) is 0 Å². The molecule has 0 amide bonds. The van der Waals surface area contributed by atoms with Gasteiger partial charge in [-0.15, -0.1) is 0 Å². The second-order valence-corrected chi connectivity index (χ2v) is 4.73.